The van der Waals surface area contributed by atoms with Crippen LogP contribution in [-0.4, -0.2) is 49.6 Å². The third kappa shape index (κ3) is 5.89. The number of ether oxygens (including phenoxy) is 2. The van der Waals surface area contributed by atoms with E-state index < -0.39 is 11.5 Å². The summed E-state index contributed by atoms with van der Waals surface area (Å²) in [6.07, 6.45) is 6.09. The maximum absolute atomic E-state index is 11.1. The van der Waals surface area contributed by atoms with Gasteiger partial charge in [0.1, 0.15) is 5.54 Å². The van der Waals surface area contributed by atoms with Crippen LogP contribution in [0.4, 0.5) is 0 Å². The molecule has 1 aliphatic heterocycles. The lowest BCUT2D eigenvalue weighted by Crippen LogP contribution is -2.47. The number of aliphatic carboxylic acids is 1. The minimum absolute atomic E-state index is 0.260. The Morgan fingerprint density at radius 2 is 2.26 bits per heavy atom. The first-order valence-electron chi connectivity index (χ1n) is 7.20. The van der Waals surface area contributed by atoms with Crippen molar-refractivity contribution >= 4 is 5.97 Å². The van der Waals surface area contributed by atoms with E-state index in [0.29, 0.717) is 19.6 Å². The Kier molecular flexibility index (Phi) is 7.34. The van der Waals surface area contributed by atoms with Gasteiger partial charge >= 0.3 is 5.97 Å². The highest BCUT2D eigenvalue weighted by molar-refractivity contribution is 5.78. The van der Waals surface area contributed by atoms with Crippen LogP contribution in [0.1, 0.15) is 45.4 Å². The summed E-state index contributed by atoms with van der Waals surface area (Å²) in [4.78, 5) is 11.1. The lowest BCUT2D eigenvalue weighted by atomic mass is 9.95. The molecule has 1 saturated heterocycles. The first kappa shape index (κ1) is 16.4. The van der Waals surface area contributed by atoms with Crippen molar-refractivity contribution in [2.45, 2.75) is 57.1 Å². The molecule has 19 heavy (non-hydrogen) atoms. The van der Waals surface area contributed by atoms with Crippen LogP contribution in [0.15, 0.2) is 0 Å². The van der Waals surface area contributed by atoms with Crippen LogP contribution in [-0.2, 0) is 14.3 Å². The Hall–Kier alpha value is -0.650. The molecule has 5 nitrogen and oxygen atoms in total. The molecule has 0 bridgehead atoms. The van der Waals surface area contributed by atoms with Crippen molar-refractivity contribution in [3.63, 3.8) is 0 Å². The molecule has 1 fully saturated rings. The first-order chi connectivity index (χ1) is 9.08. The van der Waals surface area contributed by atoms with Gasteiger partial charge in [-0.1, -0.05) is 0 Å². The number of carbonyl (C=O) groups is 1. The van der Waals surface area contributed by atoms with Gasteiger partial charge in [-0.25, -0.2) is 0 Å². The summed E-state index contributed by atoms with van der Waals surface area (Å²) in [6, 6.07) is 0. The van der Waals surface area contributed by atoms with Crippen LogP contribution >= 0.6 is 0 Å². The molecule has 5 heteroatoms. The van der Waals surface area contributed by atoms with Gasteiger partial charge in [-0.2, -0.15) is 0 Å². The number of unbranched alkanes of at least 4 members (excludes halogenated alkanes) is 1. The number of nitrogens with one attached hydrogen (secondary N) is 1. The van der Waals surface area contributed by atoms with E-state index in [-0.39, 0.29) is 6.10 Å². The van der Waals surface area contributed by atoms with E-state index in [4.69, 9.17) is 14.6 Å². The monoisotopic (exact) mass is 273 g/mol. The fourth-order valence-corrected chi connectivity index (χ4v) is 2.18. The molecule has 2 unspecified atom stereocenters. The number of carboxylic acid groups (broad SMARTS) is 1. The van der Waals surface area contributed by atoms with Gasteiger partial charge in [0.25, 0.3) is 0 Å². The molecule has 0 amide bonds. The predicted molar refractivity (Wildman–Crippen MR) is 73.4 cm³/mol. The topological polar surface area (TPSA) is 67.8 Å². The van der Waals surface area contributed by atoms with Gasteiger partial charge in [-0.05, 0) is 52.5 Å². The molecule has 1 heterocycles. The Morgan fingerprint density at radius 3 is 2.84 bits per heavy atom. The maximum atomic E-state index is 11.1. The summed E-state index contributed by atoms with van der Waals surface area (Å²) >= 11 is 0. The minimum Gasteiger partial charge on any atom is -0.480 e. The Bertz CT molecular complexity index is 266. The number of hydrogen-bond donors (Lipinski definition) is 2. The van der Waals surface area contributed by atoms with E-state index in [1.54, 1.807) is 14.0 Å². The third-order valence-corrected chi connectivity index (χ3v) is 3.82. The normalized spacial score (nSPS) is 22.9. The van der Waals surface area contributed by atoms with Gasteiger partial charge in [0.15, 0.2) is 0 Å². The second kappa shape index (κ2) is 8.51. The molecule has 1 rings (SSSR count). The van der Waals surface area contributed by atoms with Crippen molar-refractivity contribution in [3.05, 3.63) is 0 Å². The summed E-state index contributed by atoms with van der Waals surface area (Å²) in [5, 5.41) is 12.0. The summed E-state index contributed by atoms with van der Waals surface area (Å²) in [7, 11) is 1.69. The zero-order chi connectivity index (χ0) is 14.1. The van der Waals surface area contributed by atoms with Crippen LogP contribution in [0.2, 0.25) is 0 Å². The highest BCUT2D eigenvalue weighted by Gasteiger charge is 2.30. The zero-order valence-electron chi connectivity index (χ0n) is 12.1. The van der Waals surface area contributed by atoms with E-state index in [1.807, 2.05) is 0 Å². The first-order valence-corrected chi connectivity index (χ1v) is 7.20. The summed E-state index contributed by atoms with van der Waals surface area (Å²) in [6.45, 7) is 3.92. The van der Waals surface area contributed by atoms with E-state index in [1.165, 1.54) is 6.42 Å². The van der Waals surface area contributed by atoms with Gasteiger partial charge < -0.3 is 19.9 Å². The Labute approximate surface area is 115 Å². The number of carboxylic acids is 1. The SMILES string of the molecule is CNC(C)(CCCCOCC1CCCCO1)C(=O)O. The van der Waals surface area contributed by atoms with Crippen molar-refractivity contribution in [2.75, 3.05) is 26.9 Å². The number of rotatable bonds is 9. The van der Waals surface area contributed by atoms with Crippen molar-refractivity contribution in [2.24, 2.45) is 0 Å². The van der Waals surface area contributed by atoms with Crippen molar-refractivity contribution in [3.8, 4) is 0 Å². The van der Waals surface area contributed by atoms with Gasteiger partial charge in [-0.15, -0.1) is 0 Å². The van der Waals surface area contributed by atoms with Gasteiger partial charge in [0.2, 0.25) is 0 Å². The van der Waals surface area contributed by atoms with Crippen molar-refractivity contribution in [1.29, 1.82) is 0 Å². The summed E-state index contributed by atoms with van der Waals surface area (Å²) < 4.78 is 11.2. The van der Waals surface area contributed by atoms with Gasteiger partial charge in [0, 0.05) is 13.2 Å². The van der Waals surface area contributed by atoms with E-state index in [9.17, 15) is 4.79 Å². The fourth-order valence-electron chi connectivity index (χ4n) is 2.18. The van der Waals surface area contributed by atoms with Crippen LogP contribution in [0.5, 0.6) is 0 Å². The molecule has 0 aliphatic carbocycles. The molecular weight excluding hydrogens is 246 g/mol. The fraction of sp³-hybridized carbons (Fsp3) is 0.929. The molecule has 0 aromatic carbocycles. The smallest absolute Gasteiger partial charge is 0.323 e. The van der Waals surface area contributed by atoms with E-state index >= 15 is 0 Å². The van der Waals surface area contributed by atoms with Gasteiger partial charge in [-0.3, -0.25) is 4.79 Å². The second-order valence-corrected chi connectivity index (χ2v) is 5.41. The van der Waals surface area contributed by atoms with Crippen LogP contribution in [0.3, 0.4) is 0 Å². The molecule has 0 spiro atoms. The molecule has 2 N–H and O–H groups in total. The maximum Gasteiger partial charge on any atom is 0.323 e. The molecular formula is C14H27NO4. The molecule has 0 radical (unpaired) electrons. The predicted octanol–water partition coefficient (Wildman–Crippen LogP) is 1.81. The number of hydrogen-bond acceptors (Lipinski definition) is 4. The Balaban J connectivity index is 2.02. The number of likely N-dealkylation sites (N-methyl/N-ethyl adjacent to an activating group) is 1. The Morgan fingerprint density at radius 1 is 1.47 bits per heavy atom. The van der Waals surface area contributed by atoms with Crippen molar-refractivity contribution < 1.29 is 19.4 Å². The van der Waals surface area contributed by atoms with Crippen LogP contribution in [0.25, 0.3) is 0 Å². The zero-order valence-corrected chi connectivity index (χ0v) is 12.1. The lowest BCUT2D eigenvalue weighted by Gasteiger charge is -2.24. The summed E-state index contributed by atoms with van der Waals surface area (Å²) in [5.41, 5.74) is -0.827. The lowest BCUT2D eigenvalue weighted by molar-refractivity contribution is -0.144. The molecule has 0 aromatic rings. The van der Waals surface area contributed by atoms with Crippen LogP contribution < -0.4 is 5.32 Å². The molecule has 1 aliphatic rings. The van der Waals surface area contributed by atoms with E-state index in [0.717, 1.165) is 32.3 Å². The molecule has 0 aromatic heterocycles. The molecule has 2 atom stereocenters. The largest absolute Gasteiger partial charge is 0.480 e. The van der Waals surface area contributed by atoms with Crippen LogP contribution in [0, 0.1) is 0 Å². The molecule has 0 saturated carbocycles. The third-order valence-electron chi connectivity index (χ3n) is 3.82. The second-order valence-electron chi connectivity index (χ2n) is 5.41. The average Bonchev–Trinajstić information content (AvgIpc) is 2.43. The quantitative estimate of drug-likeness (QED) is 0.627. The minimum atomic E-state index is -0.827. The standard InChI is InChI=1S/C14H27NO4/c1-14(15-2,13(16)17)8-4-6-9-18-11-12-7-3-5-10-19-12/h12,15H,3-11H2,1-2H3,(H,16,17). The average molecular weight is 273 g/mol. The highest BCUT2D eigenvalue weighted by atomic mass is 16.5. The van der Waals surface area contributed by atoms with Gasteiger partial charge in [0.05, 0.1) is 12.7 Å². The molecule has 112 valence electrons. The van der Waals surface area contributed by atoms with E-state index in [2.05, 4.69) is 5.32 Å². The van der Waals surface area contributed by atoms with Crippen molar-refractivity contribution in [1.82, 2.24) is 5.32 Å². The highest BCUT2D eigenvalue weighted by Crippen LogP contribution is 2.15. The summed E-state index contributed by atoms with van der Waals surface area (Å²) in [5.74, 6) is -0.800.